The van der Waals surface area contributed by atoms with E-state index in [4.69, 9.17) is 0 Å². The van der Waals surface area contributed by atoms with Gasteiger partial charge in [-0.25, -0.2) is 9.97 Å². The molecule has 5 rings (SSSR count). The summed E-state index contributed by atoms with van der Waals surface area (Å²) in [6.45, 7) is 5.51. The molecule has 0 bridgehead atoms. The lowest BCUT2D eigenvalue weighted by Crippen LogP contribution is -2.42. The summed E-state index contributed by atoms with van der Waals surface area (Å²) in [6, 6.07) is 10.3. The van der Waals surface area contributed by atoms with E-state index in [1.54, 1.807) is 12.5 Å². The number of benzene rings is 1. The molecule has 1 aliphatic heterocycles. The number of nitrogens with zero attached hydrogens (tertiary/aromatic N) is 5. The van der Waals surface area contributed by atoms with E-state index in [1.807, 2.05) is 37.4 Å². The fourth-order valence-electron chi connectivity index (χ4n) is 6.09. The van der Waals surface area contributed by atoms with Gasteiger partial charge in [0.25, 0.3) is 5.91 Å². The van der Waals surface area contributed by atoms with E-state index in [0.29, 0.717) is 30.0 Å². The molecule has 0 spiro atoms. The molecular formula is C29H41N9O. The molecule has 1 amide bonds. The summed E-state index contributed by atoms with van der Waals surface area (Å²) in [7, 11) is 2.03. The van der Waals surface area contributed by atoms with Gasteiger partial charge in [0.15, 0.2) is 11.6 Å². The summed E-state index contributed by atoms with van der Waals surface area (Å²) < 4.78 is 2.25. The first kappa shape index (κ1) is 27.2. The van der Waals surface area contributed by atoms with Gasteiger partial charge >= 0.3 is 0 Å². The van der Waals surface area contributed by atoms with Crippen LogP contribution in [-0.2, 0) is 6.54 Å². The summed E-state index contributed by atoms with van der Waals surface area (Å²) >= 11 is 0. The van der Waals surface area contributed by atoms with E-state index in [-0.39, 0.29) is 11.9 Å². The number of aromatic nitrogens is 5. The minimum Gasteiger partial charge on any atom is -0.378 e. The van der Waals surface area contributed by atoms with Crippen molar-refractivity contribution in [3.05, 3.63) is 54.2 Å². The number of anilines is 1. The molecule has 2 fully saturated rings. The third-order valence-electron chi connectivity index (χ3n) is 8.39. The van der Waals surface area contributed by atoms with E-state index in [9.17, 15) is 4.79 Å². The highest BCUT2D eigenvalue weighted by atomic mass is 16.1. The third kappa shape index (κ3) is 6.62. The van der Waals surface area contributed by atoms with Crippen molar-refractivity contribution in [2.75, 3.05) is 32.0 Å². The maximum absolute atomic E-state index is 13.0. The average molecular weight is 532 g/mol. The minimum absolute atomic E-state index is 0.0263. The van der Waals surface area contributed by atoms with Crippen LogP contribution in [0.25, 0.3) is 11.5 Å². The lowest BCUT2D eigenvalue weighted by molar-refractivity contribution is 0.0935. The van der Waals surface area contributed by atoms with Crippen molar-refractivity contribution >= 4 is 11.6 Å². The Labute approximate surface area is 230 Å². The van der Waals surface area contributed by atoms with Gasteiger partial charge in [-0.15, -0.1) is 10.2 Å². The van der Waals surface area contributed by atoms with Crippen LogP contribution in [0, 0.1) is 11.8 Å². The first-order chi connectivity index (χ1) is 19.2. The Morgan fingerprint density at radius 1 is 1.15 bits per heavy atom. The molecule has 4 atom stereocenters. The van der Waals surface area contributed by atoms with Crippen molar-refractivity contribution in [1.29, 1.82) is 0 Å². The summed E-state index contributed by atoms with van der Waals surface area (Å²) in [4.78, 5) is 21.5. The molecule has 2 aromatic heterocycles. The average Bonchev–Trinajstić information content (AvgIpc) is 3.43. The van der Waals surface area contributed by atoms with Crippen LogP contribution >= 0.6 is 0 Å². The van der Waals surface area contributed by atoms with Gasteiger partial charge < -0.3 is 25.8 Å². The number of carbonyl (C=O) groups excluding carboxylic acids is 1. The molecule has 3 heterocycles. The predicted octanol–water partition coefficient (Wildman–Crippen LogP) is 3.42. The second kappa shape index (κ2) is 13.1. The molecular weight excluding hydrogens is 490 g/mol. The lowest BCUT2D eigenvalue weighted by Gasteiger charge is -2.31. The maximum atomic E-state index is 13.0. The second-order valence-corrected chi connectivity index (χ2v) is 10.8. The quantitative estimate of drug-likeness (QED) is 0.314. The van der Waals surface area contributed by atoms with Gasteiger partial charge in [-0.05, 0) is 88.3 Å². The molecule has 1 aliphatic carbocycles. The second-order valence-electron chi connectivity index (χ2n) is 10.8. The summed E-state index contributed by atoms with van der Waals surface area (Å²) in [5.41, 5.74) is 2.31. The highest BCUT2D eigenvalue weighted by Gasteiger charge is 2.28. The number of carbonyl (C=O) groups is 1. The molecule has 1 aromatic carbocycles. The Morgan fingerprint density at radius 3 is 2.90 bits per heavy atom. The number of nitrogens with one attached hydrogen (secondary N) is 4. The Bertz CT molecular complexity index is 1210. The molecule has 208 valence electrons. The number of rotatable bonds is 10. The third-order valence-corrected chi connectivity index (χ3v) is 8.39. The molecule has 10 heteroatoms. The zero-order valence-electron chi connectivity index (χ0n) is 23.1. The fraction of sp³-hybridized carbons (Fsp3) is 0.552. The van der Waals surface area contributed by atoms with Gasteiger partial charge in [0.05, 0.1) is 6.54 Å². The van der Waals surface area contributed by atoms with Crippen LogP contribution in [0.4, 0.5) is 5.69 Å². The first-order valence-electron chi connectivity index (χ1n) is 14.4. The van der Waals surface area contributed by atoms with Crippen LogP contribution in [0.5, 0.6) is 0 Å². The summed E-state index contributed by atoms with van der Waals surface area (Å²) in [5, 5.41) is 22.7. The van der Waals surface area contributed by atoms with Crippen molar-refractivity contribution < 1.29 is 4.79 Å². The highest BCUT2D eigenvalue weighted by Crippen LogP contribution is 2.33. The van der Waals surface area contributed by atoms with E-state index < -0.39 is 0 Å². The van der Waals surface area contributed by atoms with Gasteiger partial charge in [0.1, 0.15) is 12.0 Å². The molecule has 3 aromatic rings. The molecule has 1 saturated heterocycles. The first-order valence-corrected chi connectivity index (χ1v) is 14.4. The Kier molecular flexibility index (Phi) is 9.15. The smallest absolute Gasteiger partial charge is 0.251 e. The van der Waals surface area contributed by atoms with E-state index in [0.717, 1.165) is 74.8 Å². The molecule has 2 aliphatic rings. The van der Waals surface area contributed by atoms with E-state index >= 15 is 0 Å². The van der Waals surface area contributed by atoms with Gasteiger partial charge in [-0.2, -0.15) is 0 Å². The number of piperidine rings is 1. The summed E-state index contributed by atoms with van der Waals surface area (Å²) in [6.07, 6.45) is 9.95. The van der Waals surface area contributed by atoms with Crippen LogP contribution in [0.3, 0.4) is 0 Å². The molecule has 2 unspecified atom stereocenters. The largest absolute Gasteiger partial charge is 0.378 e. The molecule has 0 radical (unpaired) electrons. The Morgan fingerprint density at radius 2 is 2.08 bits per heavy atom. The van der Waals surface area contributed by atoms with Crippen LogP contribution in [0.2, 0.25) is 0 Å². The normalized spacial score (nSPS) is 23.3. The standard InChI is InChI=1S/C29H41N9O/c1-3-20-16-31-12-10-22(20)17-34-29(39)21-6-4-8-24(14-21)33-18-27-36-37-28(26-11-13-32-19-35-26)38(27)25-9-5-7-23(15-25)30-2/h4,6,8,11,13-14,19-20,22-23,25,30-31,33H,3,5,7,9-10,12,15-18H2,1-2H3,(H,34,39)/t20?,22?,23-,25-/m1/s1. The van der Waals surface area contributed by atoms with Crippen molar-refractivity contribution in [2.24, 2.45) is 11.8 Å². The van der Waals surface area contributed by atoms with Gasteiger partial charge in [0.2, 0.25) is 0 Å². The van der Waals surface area contributed by atoms with E-state index in [2.05, 4.69) is 52.9 Å². The Balaban J connectivity index is 1.28. The number of amides is 1. The van der Waals surface area contributed by atoms with Crippen molar-refractivity contribution in [1.82, 2.24) is 40.7 Å². The van der Waals surface area contributed by atoms with Crippen LogP contribution in [0.1, 0.15) is 67.7 Å². The molecule has 1 saturated carbocycles. The SMILES string of the molecule is CCC1CNCCC1CNC(=O)c1cccc(NCc2nnc(-c3ccncn3)n2[C@@H]2CCC[C@@H](NC)C2)c1. The predicted molar refractivity (Wildman–Crippen MR) is 152 cm³/mol. The molecule has 39 heavy (non-hydrogen) atoms. The number of hydrogen-bond acceptors (Lipinski definition) is 8. The number of hydrogen-bond donors (Lipinski definition) is 4. The Hall–Kier alpha value is -3.37. The topological polar surface area (TPSA) is 122 Å². The highest BCUT2D eigenvalue weighted by molar-refractivity contribution is 5.95. The van der Waals surface area contributed by atoms with Crippen molar-refractivity contribution in [3.63, 3.8) is 0 Å². The molecule has 4 N–H and O–H groups in total. The zero-order valence-corrected chi connectivity index (χ0v) is 23.1. The fourth-order valence-corrected chi connectivity index (χ4v) is 6.09. The van der Waals surface area contributed by atoms with Crippen LogP contribution in [-0.4, -0.2) is 63.4 Å². The van der Waals surface area contributed by atoms with Gasteiger partial charge in [-0.1, -0.05) is 19.4 Å². The zero-order chi connectivity index (χ0) is 27.0. The minimum atomic E-state index is -0.0263. The van der Waals surface area contributed by atoms with Crippen molar-refractivity contribution in [3.8, 4) is 11.5 Å². The van der Waals surface area contributed by atoms with Gasteiger partial charge in [-0.3, -0.25) is 4.79 Å². The summed E-state index contributed by atoms with van der Waals surface area (Å²) in [5.74, 6) is 2.74. The van der Waals surface area contributed by atoms with E-state index in [1.165, 1.54) is 6.42 Å². The van der Waals surface area contributed by atoms with Crippen LogP contribution < -0.4 is 21.3 Å². The van der Waals surface area contributed by atoms with Gasteiger partial charge in [0, 0.05) is 36.1 Å². The monoisotopic (exact) mass is 531 g/mol. The van der Waals surface area contributed by atoms with Crippen LogP contribution in [0.15, 0.2) is 42.9 Å². The lowest BCUT2D eigenvalue weighted by atomic mass is 9.84. The maximum Gasteiger partial charge on any atom is 0.251 e. The molecule has 10 nitrogen and oxygen atoms in total. The van der Waals surface area contributed by atoms with Crippen molar-refractivity contribution in [2.45, 2.75) is 64.1 Å².